The highest BCUT2D eigenvalue weighted by atomic mass is 32.2. The van der Waals surface area contributed by atoms with E-state index in [4.69, 9.17) is 4.74 Å². The third-order valence-electron chi connectivity index (χ3n) is 4.76. The van der Waals surface area contributed by atoms with E-state index in [1.165, 1.54) is 7.11 Å². The SMILES string of the molecule is COC(=O)c1[nH]c2ccccc2c1CN1CCc2nc(SC)ncc2C1. The van der Waals surface area contributed by atoms with Gasteiger partial charge in [-0.05, 0) is 12.3 Å². The van der Waals surface area contributed by atoms with E-state index in [2.05, 4.69) is 19.9 Å². The van der Waals surface area contributed by atoms with Crippen LogP contribution in [0.5, 0.6) is 0 Å². The number of thioether (sulfide) groups is 1. The second-order valence-corrected chi connectivity index (χ2v) is 7.08. The van der Waals surface area contributed by atoms with Gasteiger partial charge in [-0.15, -0.1) is 0 Å². The molecular formula is C19H20N4O2S. The number of rotatable bonds is 4. The number of esters is 1. The van der Waals surface area contributed by atoms with Crippen LogP contribution in [0.25, 0.3) is 10.9 Å². The Morgan fingerprint density at radius 3 is 3.04 bits per heavy atom. The highest BCUT2D eigenvalue weighted by Gasteiger charge is 2.23. The van der Waals surface area contributed by atoms with Crippen LogP contribution >= 0.6 is 11.8 Å². The minimum Gasteiger partial charge on any atom is -0.464 e. The maximum atomic E-state index is 12.2. The molecule has 1 aliphatic rings. The fourth-order valence-corrected chi connectivity index (χ4v) is 3.81. The lowest BCUT2D eigenvalue weighted by atomic mass is 10.0. The topological polar surface area (TPSA) is 71.1 Å². The van der Waals surface area contributed by atoms with Crippen molar-refractivity contribution >= 4 is 28.6 Å². The average molecular weight is 368 g/mol. The zero-order chi connectivity index (χ0) is 18.1. The van der Waals surface area contributed by atoms with Gasteiger partial charge in [0.25, 0.3) is 0 Å². The molecule has 0 fully saturated rings. The first-order valence-electron chi connectivity index (χ1n) is 8.48. The van der Waals surface area contributed by atoms with E-state index in [0.717, 1.165) is 52.4 Å². The van der Waals surface area contributed by atoms with Crippen molar-refractivity contribution in [2.75, 3.05) is 19.9 Å². The molecule has 3 heterocycles. The van der Waals surface area contributed by atoms with Crippen LogP contribution in [0.1, 0.15) is 27.3 Å². The number of hydrogen-bond acceptors (Lipinski definition) is 6. The maximum absolute atomic E-state index is 12.2. The molecule has 0 bridgehead atoms. The van der Waals surface area contributed by atoms with Crippen LogP contribution in [0.3, 0.4) is 0 Å². The standard InChI is InChI=1S/C19H20N4O2S/c1-25-18(24)17-14(13-5-3-4-6-16(13)21-17)11-23-8-7-15-12(10-23)9-20-19(22-15)26-2/h3-6,9,21H,7-8,10-11H2,1-2H3. The minimum atomic E-state index is -0.332. The number of benzene rings is 1. The lowest BCUT2D eigenvalue weighted by molar-refractivity contribution is 0.0592. The predicted octanol–water partition coefficient (Wildman–Crippen LogP) is 3.02. The van der Waals surface area contributed by atoms with E-state index in [1.54, 1.807) is 11.8 Å². The van der Waals surface area contributed by atoms with Crippen molar-refractivity contribution < 1.29 is 9.53 Å². The van der Waals surface area contributed by atoms with Gasteiger partial charge in [0.1, 0.15) is 5.69 Å². The number of carbonyl (C=O) groups excluding carboxylic acids is 1. The summed E-state index contributed by atoms with van der Waals surface area (Å²) in [7, 11) is 1.41. The molecule has 26 heavy (non-hydrogen) atoms. The number of nitrogens with zero attached hydrogens (tertiary/aromatic N) is 3. The van der Waals surface area contributed by atoms with Crippen molar-refractivity contribution in [3.63, 3.8) is 0 Å². The summed E-state index contributed by atoms with van der Waals surface area (Å²) in [5, 5.41) is 1.88. The molecule has 6 nitrogen and oxygen atoms in total. The highest BCUT2D eigenvalue weighted by molar-refractivity contribution is 7.98. The van der Waals surface area contributed by atoms with Crippen LogP contribution in [-0.4, -0.2) is 45.7 Å². The van der Waals surface area contributed by atoms with Crippen molar-refractivity contribution in [2.24, 2.45) is 0 Å². The summed E-state index contributed by atoms with van der Waals surface area (Å²) in [6.07, 6.45) is 4.81. The van der Waals surface area contributed by atoms with Gasteiger partial charge < -0.3 is 9.72 Å². The molecule has 0 amide bonds. The summed E-state index contributed by atoms with van der Waals surface area (Å²) in [6, 6.07) is 7.97. The van der Waals surface area contributed by atoms with Gasteiger partial charge in [0.2, 0.25) is 0 Å². The largest absolute Gasteiger partial charge is 0.464 e. The van der Waals surface area contributed by atoms with Gasteiger partial charge in [0.15, 0.2) is 5.16 Å². The molecule has 0 unspecified atom stereocenters. The lowest BCUT2D eigenvalue weighted by Crippen LogP contribution is -2.31. The molecule has 3 aromatic rings. The summed E-state index contributed by atoms with van der Waals surface area (Å²) < 4.78 is 4.97. The molecule has 1 aromatic carbocycles. The zero-order valence-corrected chi connectivity index (χ0v) is 15.6. The Kier molecular flexibility index (Phi) is 4.65. The number of para-hydroxylation sites is 1. The first-order valence-corrected chi connectivity index (χ1v) is 9.71. The van der Waals surface area contributed by atoms with Crippen LogP contribution in [0.2, 0.25) is 0 Å². The van der Waals surface area contributed by atoms with Crippen LogP contribution in [-0.2, 0) is 24.2 Å². The van der Waals surface area contributed by atoms with Crippen LogP contribution in [0.4, 0.5) is 0 Å². The summed E-state index contributed by atoms with van der Waals surface area (Å²) >= 11 is 1.56. The third kappa shape index (κ3) is 3.08. The zero-order valence-electron chi connectivity index (χ0n) is 14.8. The van der Waals surface area contributed by atoms with Crippen molar-refractivity contribution in [3.8, 4) is 0 Å². The smallest absolute Gasteiger partial charge is 0.354 e. The first-order chi connectivity index (χ1) is 12.7. The summed E-state index contributed by atoms with van der Waals surface area (Å²) in [5.41, 5.74) is 4.76. The Labute approximate surface area is 156 Å². The lowest BCUT2D eigenvalue weighted by Gasteiger charge is -2.28. The molecule has 4 rings (SSSR count). The van der Waals surface area contributed by atoms with Gasteiger partial charge in [0.05, 0.1) is 12.8 Å². The quantitative estimate of drug-likeness (QED) is 0.434. The molecule has 134 valence electrons. The van der Waals surface area contributed by atoms with Crippen molar-refractivity contribution in [2.45, 2.75) is 24.7 Å². The van der Waals surface area contributed by atoms with Crippen LogP contribution in [0, 0.1) is 0 Å². The van der Waals surface area contributed by atoms with Crippen molar-refractivity contribution in [1.82, 2.24) is 19.9 Å². The second-order valence-electron chi connectivity index (χ2n) is 6.31. The third-order valence-corrected chi connectivity index (χ3v) is 5.32. The minimum absolute atomic E-state index is 0.332. The van der Waals surface area contributed by atoms with E-state index in [-0.39, 0.29) is 5.97 Å². The maximum Gasteiger partial charge on any atom is 0.354 e. The molecule has 2 aromatic heterocycles. The van der Waals surface area contributed by atoms with Crippen molar-refractivity contribution in [3.05, 3.63) is 53.0 Å². The molecule has 0 aliphatic carbocycles. The summed E-state index contributed by atoms with van der Waals surface area (Å²) in [4.78, 5) is 26.8. The number of nitrogens with one attached hydrogen (secondary N) is 1. The van der Waals surface area contributed by atoms with Gasteiger partial charge in [-0.2, -0.15) is 0 Å². The number of aromatic nitrogens is 3. The molecule has 1 aliphatic heterocycles. The van der Waals surface area contributed by atoms with Gasteiger partial charge in [-0.3, -0.25) is 4.90 Å². The molecule has 0 saturated heterocycles. The van der Waals surface area contributed by atoms with E-state index in [0.29, 0.717) is 12.2 Å². The van der Waals surface area contributed by atoms with Gasteiger partial charge >= 0.3 is 5.97 Å². The van der Waals surface area contributed by atoms with E-state index < -0.39 is 0 Å². The Hall–Kier alpha value is -2.38. The monoisotopic (exact) mass is 368 g/mol. The average Bonchev–Trinajstić information content (AvgIpc) is 3.05. The number of aromatic amines is 1. The van der Waals surface area contributed by atoms with Crippen LogP contribution in [0.15, 0.2) is 35.6 Å². The Morgan fingerprint density at radius 1 is 1.38 bits per heavy atom. The predicted molar refractivity (Wildman–Crippen MR) is 101 cm³/mol. The Bertz CT molecular complexity index is 969. The molecule has 0 radical (unpaired) electrons. The number of H-pyrrole nitrogens is 1. The molecular weight excluding hydrogens is 348 g/mol. The molecule has 1 N–H and O–H groups in total. The van der Waals surface area contributed by atoms with E-state index >= 15 is 0 Å². The number of fused-ring (bicyclic) bond motifs is 2. The number of hydrogen-bond donors (Lipinski definition) is 1. The van der Waals surface area contributed by atoms with Gasteiger partial charge in [-0.1, -0.05) is 30.0 Å². The number of ether oxygens (including phenoxy) is 1. The van der Waals surface area contributed by atoms with Gasteiger partial charge in [0, 0.05) is 54.3 Å². The highest BCUT2D eigenvalue weighted by Crippen LogP contribution is 2.27. The second kappa shape index (κ2) is 7.09. The summed E-state index contributed by atoms with van der Waals surface area (Å²) in [6.45, 7) is 2.36. The van der Waals surface area contributed by atoms with Crippen LogP contribution < -0.4 is 0 Å². The molecule has 0 spiro atoms. The fraction of sp³-hybridized carbons (Fsp3) is 0.316. The number of carbonyl (C=O) groups is 1. The van der Waals surface area contributed by atoms with E-state index in [9.17, 15) is 4.79 Å². The normalized spacial score (nSPS) is 14.4. The molecule has 7 heteroatoms. The Morgan fingerprint density at radius 2 is 2.23 bits per heavy atom. The summed E-state index contributed by atoms with van der Waals surface area (Å²) in [5.74, 6) is -0.332. The van der Waals surface area contributed by atoms with Gasteiger partial charge in [-0.25, -0.2) is 14.8 Å². The Balaban J connectivity index is 1.64. The first kappa shape index (κ1) is 17.1. The fourth-order valence-electron chi connectivity index (χ4n) is 3.45. The van der Waals surface area contributed by atoms with Crippen molar-refractivity contribution in [1.29, 1.82) is 0 Å². The number of methoxy groups -OCH3 is 1. The molecule has 0 saturated carbocycles. The molecule has 0 atom stereocenters. The van der Waals surface area contributed by atoms with E-state index in [1.807, 2.05) is 36.7 Å².